The lowest BCUT2D eigenvalue weighted by molar-refractivity contribution is 0.0529. The van der Waals surface area contributed by atoms with Crippen LogP contribution in [0.5, 0.6) is 0 Å². The highest BCUT2D eigenvalue weighted by molar-refractivity contribution is 7.87. The van der Waals surface area contributed by atoms with Crippen LogP contribution in [0.3, 0.4) is 0 Å². The Morgan fingerprint density at radius 3 is 2.23 bits per heavy atom. The van der Waals surface area contributed by atoms with Crippen molar-refractivity contribution in [2.45, 2.75) is 46.6 Å². The number of ether oxygens (including phenoxy) is 1. The monoisotopic (exact) mass is 335 g/mol. The van der Waals surface area contributed by atoms with Crippen molar-refractivity contribution < 1.29 is 17.9 Å². The molecular formula is C14H29N3O4S. The fourth-order valence-electron chi connectivity index (χ4n) is 2.55. The molecule has 1 saturated heterocycles. The number of nitrogens with one attached hydrogen (secondary N) is 2. The minimum atomic E-state index is -3.49. The van der Waals surface area contributed by atoms with Crippen molar-refractivity contribution in [3.05, 3.63) is 0 Å². The van der Waals surface area contributed by atoms with Gasteiger partial charge in [-0.25, -0.2) is 9.52 Å². The minimum absolute atomic E-state index is 0.140. The molecule has 1 rings (SSSR count). The second kappa shape index (κ2) is 7.61. The summed E-state index contributed by atoms with van der Waals surface area (Å²) in [5, 5.41) is 2.53. The summed E-state index contributed by atoms with van der Waals surface area (Å²) >= 11 is 0. The van der Waals surface area contributed by atoms with Crippen LogP contribution in [0.4, 0.5) is 4.79 Å². The van der Waals surface area contributed by atoms with Gasteiger partial charge in [0, 0.05) is 26.2 Å². The first-order valence-corrected chi connectivity index (χ1v) is 9.15. The Morgan fingerprint density at radius 1 is 1.18 bits per heavy atom. The number of hydrogen-bond acceptors (Lipinski definition) is 4. The summed E-state index contributed by atoms with van der Waals surface area (Å²) in [4.78, 5) is 11.4. The number of rotatable bonds is 5. The third kappa shape index (κ3) is 6.93. The Kier molecular flexibility index (Phi) is 6.64. The van der Waals surface area contributed by atoms with Crippen LogP contribution in [0, 0.1) is 11.8 Å². The Balaban J connectivity index is 2.35. The molecule has 0 unspecified atom stereocenters. The number of carbonyl (C=O) groups excluding carboxylic acids is 1. The summed E-state index contributed by atoms with van der Waals surface area (Å²) in [6, 6.07) is 0. The Morgan fingerprint density at radius 2 is 1.73 bits per heavy atom. The minimum Gasteiger partial charge on any atom is -0.444 e. The molecule has 8 heteroatoms. The zero-order valence-electron chi connectivity index (χ0n) is 14.2. The van der Waals surface area contributed by atoms with E-state index in [0.29, 0.717) is 24.9 Å². The topological polar surface area (TPSA) is 87.7 Å². The van der Waals surface area contributed by atoms with Crippen molar-refractivity contribution in [3.63, 3.8) is 0 Å². The molecule has 0 aromatic heterocycles. The van der Waals surface area contributed by atoms with Gasteiger partial charge in [-0.15, -0.1) is 0 Å². The van der Waals surface area contributed by atoms with E-state index in [4.69, 9.17) is 4.74 Å². The second-order valence-electron chi connectivity index (χ2n) is 7.09. The molecule has 1 amide bonds. The standard InChI is InChI=1S/C14H29N3O4S/c1-11-8-12(2)10-17(9-11)22(19,20)16-7-6-15-13(18)21-14(3,4)5/h11-12,16H,6-10H2,1-5H3,(H,15,18)/t11-,12+. The van der Waals surface area contributed by atoms with Gasteiger partial charge in [-0.3, -0.25) is 0 Å². The average Bonchev–Trinajstić information content (AvgIpc) is 2.31. The molecule has 1 aliphatic heterocycles. The highest BCUT2D eigenvalue weighted by atomic mass is 32.2. The molecule has 0 saturated carbocycles. The number of hydrogen-bond donors (Lipinski definition) is 2. The summed E-state index contributed by atoms with van der Waals surface area (Å²) in [6.45, 7) is 10.8. The van der Waals surface area contributed by atoms with Crippen LogP contribution in [0.2, 0.25) is 0 Å². The normalized spacial score (nSPS) is 24.0. The number of alkyl carbamates (subject to hydrolysis) is 1. The molecule has 1 heterocycles. The molecule has 2 N–H and O–H groups in total. The van der Waals surface area contributed by atoms with Gasteiger partial charge >= 0.3 is 6.09 Å². The van der Waals surface area contributed by atoms with E-state index in [2.05, 4.69) is 23.9 Å². The lowest BCUT2D eigenvalue weighted by Gasteiger charge is -2.33. The van der Waals surface area contributed by atoms with Crippen molar-refractivity contribution in [2.24, 2.45) is 11.8 Å². The summed E-state index contributed by atoms with van der Waals surface area (Å²) in [5.41, 5.74) is -0.566. The summed E-state index contributed by atoms with van der Waals surface area (Å²) in [5.74, 6) is 0.723. The highest BCUT2D eigenvalue weighted by Gasteiger charge is 2.30. The molecule has 0 spiro atoms. The van der Waals surface area contributed by atoms with Crippen LogP contribution in [0.1, 0.15) is 41.0 Å². The van der Waals surface area contributed by atoms with Crippen molar-refractivity contribution in [2.75, 3.05) is 26.2 Å². The predicted octanol–water partition coefficient (Wildman–Crippen LogP) is 1.32. The molecule has 7 nitrogen and oxygen atoms in total. The lowest BCUT2D eigenvalue weighted by Crippen LogP contribution is -2.49. The number of amides is 1. The van der Waals surface area contributed by atoms with Crippen LogP contribution in [-0.4, -0.2) is 50.6 Å². The summed E-state index contributed by atoms with van der Waals surface area (Å²) in [6.07, 6.45) is 0.499. The van der Waals surface area contributed by atoms with E-state index >= 15 is 0 Å². The zero-order valence-corrected chi connectivity index (χ0v) is 15.0. The van der Waals surface area contributed by atoms with Gasteiger partial charge in [-0.05, 0) is 39.0 Å². The van der Waals surface area contributed by atoms with E-state index in [0.717, 1.165) is 6.42 Å². The largest absolute Gasteiger partial charge is 0.444 e. The number of piperidine rings is 1. The Bertz CT molecular complexity index is 463. The highest BCUT2D eigenvalue weighted by Crippen LogP contribution is 2.22. The van der Waals surface area contributed by atoms with E-state index in [9.17, 15) is 13.2 Å². The van der Waals surface area contributed by atoms with Crippen molar-refractivity contribution in [1.29, 1.82) is 0 Å². The maximum absolute atomic E-state index is 12.2. The quantitative estimate of drug-likeness (QED) is 0.742. The van der Waals surface area contributed by atoms with E-state index < -0.39 is 21.9 Å². The van der Waals surface area contributed by atoms with Crippen LogP contribution < -0.4 is 10.0 Å². The van der Waals surface area contributed by atoms with Gasteiger partial charge in [-0.2, -0.15) is 12.7 Å². The molecule has 130 valence electrons. The zero-order chi connectivity index (χ0) is 17.0. The number of nitrogens with zero attached hydrogens (tertiary/aromatic N) is 1. The van der Waals surface area contributed by atoms with Crippen LogP contribution in [0.15, 0.2) is 0 Å². The Hall–Kier alpha value is -0.860. The van der Waals surface area contributed by atoms with Crippen molar-refractivity contribution >= 4 is 16.3 Å². The van der Waals surface area contributed by atoms with Gasteiger partial charge in [-0.1, -0.05) is 13.8 Å². The van der Waals surface area contributed by atoms with E-state index in [-0.39, 0.29) is 13.1 Å². The molecular weight excluding hydrogens is 306 g/mol. The molecule has 0 aromatic rings. The average molecular weight is 335 g/mol. The van der Waals surface area contributed by atoms with Crippen LogP contribution >= 0.6 is 0 Å². The lowest BCUT2D eigenvalue weighted by atomic mass is 9.94. The fraction of sp³-hybridized carbons (Fsp3) is 0.929. The smallest absolute Gasteiger partial charge is 0.407 e. The van der Waals surface area contributed by atoms with E-state index in [1.165, 1.54) is 4.31 Å². The van der Waals surface area contributed by atoms with Crippen LogP contribution in [-0.2, 0) is 14.9 Å². The van der Waals surface area contributed by atoms with Crippen molar-refractivity contribution in [3.8, 4) is 0 Å². The maximum Gasteiger partial charge on any atom is 0.407 e. The molecule has 1 fully saturated rings. The SMILES string of the molecule is C[C@@H]1C[C@H](C)CN(S(=O)(=O)NCCNC(=O)OC(C)(C)C)C1. The summed E-state index contributed by atoms with van der Waals surface area (Å²) < 4.78 is 33.5. The molecule has 22 heavy (non-hydrogen) atoms. The van der Waals surface area contributed by atoms with Gasteiger partial charge in [0.1, 0.15) is 5.60 Å². The fourth-order valence-corrected chi connectivity index (χ4v) is 4.00. The van der Waals surface area contributed by atoms with Gasteiger partial charge < -0.3 is 10.1 Å². The van der Waals surface area contributed by atoms with Crippen molar-refractivity contribution in [1.82, 2.24) is 14.3 Å². The van der Waals surface area contributed by atoms with E-state index in [1.807, 2.05) is 0 Å². The second-order valence-corrected chi connectivity index (χ2v) is 8.85. The first-order valence-electron chi connectivity index (χ1n) is 7.71. The van der Waals surface area contributed by atoms with E-state index in [1.54, 1.807) is 20.8 Å². The molecule has 0 aromatic carbocycles. The maximum atomic E-state index is 12.2. The summed E-state index contributed by atoms with van der Waals surface area (Å²) in [7, 11) is -3.49. The third-order valence-corrected chi connectivity index (χ3v) is 4.80. The Labute approximate surface area is 134 Å². The van der Waals surface area contributed by atoms with Crippen LogP contribution in [0.25, 0.3) is 0 Å². The molecule has 2 atom stereocenters. The van der Waals surface area contributed by atoms with Gasteiger partial charge in [0.15, 0.2) is 0 Å². The third-order valence-electron chi connectivity index (χ3n) is 3.25. The van der Waals surface area contributed by atoms with Gasteiger partial charge in [0.05, 0.1) is 0 Å². The molecule has 0 aliphatic carbocycles. The molecule has 1 aliphatic rings. The molecule has 0 radical (unpaired) electrons. The first kappa shape index (κ1) is 19.2. The number of carbonyl (C=O) groups is 1. The van der Waals surface area contributed by atoms with Gasteiger partial charge in [0.2, 0.25) is 0 Å². The predicted molar refractivity (Wildman–Crippen MR) is 85.7 cm³/mol. The first-order chi connectivity index (χ1) is 9.99. The van der Waals surface area contributed by atoms with Gasteiger partial charge in [0.25, 0.3) is 10.2 Å². The molecule has 0 bridgehead atoms.